The van der Waals surface area contributed by atoms with Crippen LogP contribution in [-0.2, 0) is 11.3 Å². The summed E-state index contributed by atoms with van der Waals surface area (Å²) >= 11 is 0. The third-order valence-corrected chi connectivity index (χ3v) is 3.18. The highest BCUT2D eigenvalue weighted by molar-refractivity contribution is 5.59. The number of rotatable bonds is 3. The third kappa shape index (κ3) is 2.77. The molecule has 0 bridgehead atoms. The van der Waals surface area contributed by atoms with Gasteiger partial charge < -0.3 is 10.5 Å². The van der Waals surface area contributed by atoms with Crippen LogP contribution in [0.4, 0.5) is 11.4 Å². The smallest absolute Gasteiger partial charge is 0.292 e. The van der Waals surface area contributed by atoms with Crippen LogP contribution in [0.15, 0.2) is 18.2 Å². The van der Waals surface area contributed by atoms with Crippen molar-refractivity contribution < 1.29 is 9.66 Å². The van der Waals surface area contributed by atoms with E-state index in [2.05, 4.69) is 11.8 Å². The van der Waals surface area contributed by atoms with Gasteiger partial charge in [0.1, 0.15) is 5.69 Å². The number of hydrogen-bond donors (Lipinski definition) is 1. The summed E-state index contributed by atoms with van der Waals surface area (Å²) in [5.74, 6) is 0. The summed E-state index contributed by atoms with van der Waals surface area (Å²) in [6.07, 6.45) is 0. The largest absolute Gasteiger partial charge is 0.393 e. The topological polar surface area (TPSA) is 81.6 Å². The van der Waals surface area contributed by atoms with Gasteiger partial charge in [0.25, 0.3) is 5.69 Å². The molecule has 1 atom stereocenters. The first kappa shape index (κ1) is 12.8. The molecule has 0 radical (unpaired) electrons. The molecule has 6 heteroatoms. The quantitative estimate of drug-likeness (QED) is 0.499. The van der Waals surface area contributed by atoms with Crippen LogP contribution in [0.1, 0.15) is 12.5 Å². The zero-order valence-corrected chi connectivity index (χ0v) is 10.3. The highest BCUT2D eigenvalue weighted by atomic mass is 16.6. The zero-order chi connectivity index (χ0) is 13.1. The molecule has 6 nitrogen and oxygen atoms in total. The fraction of sp³-hybridized carbons (Fsp3) is 0.500. The molecule has 1 heterocycles. The third-order valence-electron chi connectivity index (χ3n) is 3.18. The normalized spacial score (nSPS) is 20.8. The highest BCUT2D eigenvalue weighted by Crippen LogP contribution is 2.23. The second-order valence-corrected chi connectivity index (χ2v) is 4.54. The predicted octanol–water partition coefficient (Wildman–Crippen LogP) is 1.40. The molecule has 1 aliphatic rings. The van der Waals surface area contributed by atoms with E-state index in [1.165, 1.54) is 6.07 Å². The van der Waals surface area contributed by atoms with Crippen molar-refractivity contribution in [1.82, 2.24) is 4.90 Å². The number of nitro benzene ring substituents is 1. The first-order valence-electron chi connectivity index (χ1n) is 5.92. The second kappa shape index (κ2) is 5.32. The Labute approximate surface area is 105 Å². The summed E-state index contributed by atoms with van der Waals surface area (Å²) in [5, 5.41) is 10.7. The molecule has 0 amide bonds. The van der Waals surface area contributed by atoms with Crippen LogP contribution < -0.4 is 5.73 Å². The van der Waals surface area contributed by atoms with Crippen LogP contribution in [0.2, 0.25) is 0 Å². The number of benzene rings is 1. The summed E-state index contributed by atoms with van der Waals surface area (Å²) < 4.78 is 5.37. The van der Waals surface area contributed by atoms with Crippen molar-refractivity contribution >= 4 is 11.4 Å². The van der Waals surface area contributed by atoms with Gasteiger partial charge in [0.2, 0.25) is 0 Å². The van der Waals surface area contributed by atoms with Gasteiger partial charge in [0.05, 0.1) is 18.1 Å². The van der Waals surface area contributed by atoms with Gasteiger partial charge in [-0.3, -0.25) is 15.0 Å². The Kier molecular flexibility index (Phi) is 3.78. The predicted molar refractivity (Wildman–Crippen MR) is 68.2 cm³/mol. The minimum atomic E-state index is -0.462. The van der Waals surface area contributed by atoms with Crippen LogP contribution in [0.25, 0.3) is 0 Å². The standard InChI is InChI=1S/C12H17N3O3/c1-9-8-18-5-4-14(9)7-10-2-3-12(15(16)17)11(13)6-10/h2-3,6,9H,4-5,7-8,13H2,1H3. The summed E-state index contributed by atoms with van der Waals surface area (Å²) in [6.45, 7) is 5.17. The van der Waals surface area contributed by atoms with Gasteiger partial charge in [-0.2, -0.15) is 0 Å². The van der Waals surface area contributed by atoms with E-state index < -0.39 is 4.92 Å². The molecule has 1 aliphatic heterocycles. The maximum absolute atomic E-state index is 10.7. The molecule has 98 valence electrons. The van der Waals surface area contributed by atoms with Crippen molar-refractivity contribution in [2.45, 2.75) is 19.5 Å². The number of ether oxygens (including phenoxy) is 1. The monoisotopic (exact) mass is 251 g/mol. The molecule has 1 aromatic carbocycles. The van der Waals surface area contributed by atoms with Crippen LogP contribution in [0.3, 0.4) is 0 Å². The van der Waals surface area contributed by atoms with Crippen molar-refractivity contribution in [3.63, 3.8) is 0 Å². The fourth-order valence-corrected chi connectivity index (χ4v) is 2.10. The molecule has 2 rings (SSSR count). The van der Waals surface area contributed by atoms with Crippen molar-refractivity contribution in [2.24, 2.45) is 0 Å². The van der Waals surface area contributed by atoms with Gasteiger partial charge >= 0.3 is 0 Å². The van der Waals surface area contributed by atoms with E-state index in [-0.39, 0.29) is 11.4 Å². The van der Waals surface area contributed by atoms with Crippen LogP contribution in [0, 0.1) is 10.1 Å². The number of nitrogens with zero attached hydrogens (tertiary/aromatic N) is 2. The number of nitrogens with two attached hydrogens (primary N) is 1. The van der Waals surface area contributed by atoms with Crippen molar-refractivity contribution in [2.75, 3.05) is 25.5 Å². The Morgan fingerprint density at radius 1 is 1.61 bits per heavy atom. The average molecular weight is 251 g/mol. The average Bonchev–Trinajstić information content (AvgIpc) is 2.32. The molecular formula is C12H17N3O3. The van der Waals surface area contributed by atoms with Gasteiger partial charge in [-0.25, -0.2) is 0 Å². The summed E-state index contributed by atoms with van der Waals surface area (Å²) in [7, 11) is 0. The van der Waals surface area contributed by atoms with Crippen LogP contribution in [0.5, 0.6) is 0 Å². The summed E-state index contributed by atoms with van der Waals surface area (Å²) in [4.78, 5) is 12.5. The zero-order valence-electron chi connectivity index (χ0n) is 10.3. The lowest BCUT2D eigenvalue weighted by Gasteiger charge is -2.33. The van der Waals surface area contributed by atoms with E-state index in [0.29, 0.717) is 6.04 Å². The van der Waals surface area contributed by atoms with Gasteiger partial charge in [0, 0.05) is 25.2 Å². The minimum Gasteiger partial charge on any atom is -0.393 e. The van der Waals surface area contributed by atoms with Crippen molar-refractivity contribution in [3.8, 4) is 0 Å². The molecule has 0 aromatic heterocycles. The molecule has 0 saturated carbocycles. The SMILES string of the molecule is CC1COCCN1Cc1ccc([N+](=O)[O-])c(N)c1. The first-order chi connectivity index (χ1) is 8.58. The fourth-order valence-electron chi connectivity index (χ4n) is 2.10. The maximum atomic E-state index is 10.7. The van der Waals surface area contributed by atoms with E-state index in [1.54, 1.807) is 12.1 Å². The lowest BCUT2D eigenvalue weighted by Crippen LogP contribution is -2.42. The lowest BCUT2D eigenvalue weighted by molar-refractivity contribution is -0.383. The number of anilines is 1. The van der Waals surface area contributed by atoms with Crippen LogP contribution in [-0.4, -0.2) is 35.6 Å². The number of morpholine rings is 1. The molecule has 1 unspecified atom stereocenters. The Morgan fingerprint density at radius 2 is 2.39 bits per heavy atom. The number of nitro groups is 1. The van der Waals surface area contributed by atoms with Crippen LogP contribution >= 0.6 is 0 Å². The number of nitrogen functional groups attached to an aromatic ring is 1. The molecule has 2 N–H and O–H groups in total. The van der Waals surface area contributed by atoms with E-state index in [0.717, 1.165) is 31.9 Å². The molecule has 0 aliphatic carbocycles. The molecule has 1 fully saturated rings. The van der Waals surface area contributed by atoms with E-state index in [9.17, 15) is 10.1 Å². The van der Waals surface area contributed by atoms with Gasteiger partial charge in [0.15, 0.2) is 0 Å². The Bertz CT molecular complexity index is 450. The molecular weight excluding hydrogens is 234 g/mol. The molecule has 1 aromatic rings. The second-order valence-electron chi connectivity index (χ2n) is 4.54. The minimum absolute atomic E-state index is 0.0335. The molecule has 18 heavy (non-hydrogen) atoms. The van der Waals surface area contributed by atoms with Gasteiger partial charge in [-0.1, -0.05) is 6.07 Å². The Balaban J connectivity index is 2.10. The number of hydrogen-bond acceptors (Lipinski definition) is 5. The Hall–Kier alpha value is -1.66. The first-order valence-corrected chi connectivity index (χ1v) is 5.92. The maximum Gasteiger partial charge on any atom is 0.292 e. The van der Waals surface area contributed by atoms with Gasteiger partial charge in [-0.15, -0.1) is 0 Å². The molecule has 0 spiro atoms. The lowest BCUT2D eigenvalue weighted by atomic mass is 10.1. The van der Waals surface area contributed by atoms with Gasteiger partial charge in [-0.05, 0) is 18.6 Å². The van der Waals surface area contributed by atoms with E-state index in [1.807, 2.05) is 0 Å². The van der Waals surface area contributed by atoms with Crippen molar-refractivity contribution in [1.29, 1.82) is 0 Å². The summed E-state index contributed by atoms with van der Waals surface area (Å²) in [5.41, 5.74) is 6.86. The van der Waals surface area contributed by atoms with E-state index in [4.69, 9.17) is 10.5 Å². The summed E-state index contributed by atoms with van der Waals surface area (Å²) in [6, 6.07) is 5.27. The van der Waals surface area contributed by atoms with Crippen molar-refractivity contribution in [3.05, 3.63) is 33.9 Å². The Morgan fingerprint density at radius 3 is 3.00 bits per heavy atom. The van der Waals surface area contributed by atoms with E-state index >= 15 is 0 Å². The highest BCUT2D eigenvalue weighted by Gasteiger charge is 2.19. The molecule has 1 saturated heterocycles.